The Labute approximate surface area is 112 Å². The second kappa shape index (κ2) is 6.66. The van der Waals surface area contributed by atoms with Gasteiger partial charge in [0.2, 0.25) is 0 Å². The number of rotatable bonds is 6. The van der Waals surface area contributed by atoms with Gasteiger partial charge in [0.25, 0.3) is 0 Å². The minimum absolute atomic E-state index is 0.0888. The molecule has 0 fully saturated rings. The quantitative estimate of drug-likeness (QED) is 0.618. The van der Waals surface area contributed by atoms with Crippen LogP contribution in [0.2, 0.25) is 5.02 Å². The number of benzene rings is 1. The first kappa shape index (κ1) is 14.9. The van der Waals surface area contributed by atoms with Gasteiger partial charge in [0.05, 0.1) is 23.7 Å². The van der Waals surface area contributed by atoms with Crippen LogP contribution in [0.15, 0.2) is 6.07 Å². The lowest BCUT2D eigenvalue weighted by molar-refractivity contribution is 0.154. The molecule has 4 N–H and O–H groups in total. The summed E-state index contributed by atoms with van der Waals surface area (Å²) in [6, 6.07) is 1.48. The number of likely N-dealkylation sites (N-methyl/N-ethyl adjacent to an activating group) is 1. The largest absolute Gasteiger partial charge is 0.397 e. The van der Waals surface area contributed by atoms with E-state index in [0.29, 0.717) is 26.3 Å². The van der Waals surface area contributed by atoms with E-state index in [9.17, 15) is 4.39 Å². The Kier molecular flexibility index (Phi) is 5.50. The van der Waals surface area contributed by atoms with Gasteiger partial charge in [-0.15, -0.1) is 0 Å². The molecule has 6 heteroatoms. The van der Waals surface area contributed by atoms with Crippen LogP contribution in [0, 0.1) is 5.82 Å². The van der Waals surface area contributed by atoms with E-state index in [-0.39, 0.29) is 22.1 Å². The maximum atomic E-state index is 14.1. The lowest BCUT2D eigenvalue weighted by atomic mass is 10.2. The summed E-state index contributed by atoms with van der Waals surface area (Å²) in [7, 11) is 0. The average molecular weight is 276 g/mol. The highest BCUT2D eigenvalue weighted by atomic mass is 35.5. The molecule has 1 rings (SSSR count). The standard InChI is InChI=1S/C12H19ClFN3O/c1-3-17(5-6-18-4-2)12-9(16)7-8(15)10(13)11(12)14/h7H,3-6,15-16H2,1-2H3. The lowest BCUT2D eigenvalue weighted by Crippen LogP contribution is -2.29. The zero-order valence-electron chi connectivity index (χ0n) is 10.7. The van der Waals surface area contributed by atoms with Crippen molar-refractivity contribution in [3.05, 3.63) is 16.9 Å². The molecule has 0 atom stereocenters. The minimum Gasteiger partial charge on any atom is -0.397 e. The summed E-state index contributed by atoms with van der Waals surface area (Å²) >= 11 is 5.80. The second-order valence-corrected chi connectivity index (χ2v) is 4.19. The Balaban J connectivity index is 3.02. The van der Waals surface area contributed by atoms with E-state index < -0.39 is 5.82 Å². The third-order valence-corrected chi connectivity index (χ3v) is 3.03. The van der Waals surface area contributed by atoms with E-state index in [1.165, 1.54) is 6.07 Å². The molecule has 1 aromatic rings. The van der Waals surface area contributed by atoms with E-state index in [2.05, 4.69) is 0 Å². The molecule has 0 amide bonds. The van der Waals surface area contributed by atoms with Crippen molar-refractivity contribution in [3.8, 4) is 0 Å². The second-order valence-electron chi connectivity index (χ2n) is 3.81. The van der Waals surface area contributed by atoms with Gasteiger partial charge < -0.3 is 21.1 Å². The molecule has 0 spiro atoms. The van der Waals surface area contributed by atoms with Crippen LogP contribution in [0.3, 0.4) is 0 Å². The first-order chi connectivity index (χ1) is 8.52. The molecule has 0 aromatic heterocycles. The van der Waals surface area contributed by atoms with Crippen LogP contribution in [-0.4, -0.2) is 26.3 Å². The van der Waals surface area contributed by atoms with Gasteiger partial charge in [-0.25, -0.2) is 4.39 Å². The molecule has 0 saturated heterocycles. The predicted octanol–water partition coefficient (Wildman–Crippen LogP) is 2.51. The number of hydrogen-bond donors (Lipinski definition) is 2. The first-order valence-corrected chi connectivity index (χ1v) is 6.26. The number of nitrogens with two attached hydrogens (primary N) is 2. The number of ether oxygens (including phenoxy) is 1. The van der Waals surface area contributed by atoms with E-state index >= 15 is 0 Å². The fourth-order valence-corrected chi connectivity index (χ4v) is 1.87. The molecule has 1 aromatic carbocycles. The Morgan fingerprint density at radius 2 is 2.00 bits per heavy atom. The topological polar surface area (TPSA) is 64.5 Å². The Morgan fingerprint density at radius 1 is 1.33 bits per heavy atom. The highest BCUT2D eigenvalue weighted by Crippen LogP contribution is 2.35. The maximum absolute atomic E-state index is 14.1. The molecule has 102 valence electrons. The van der Waals surface area contributed by atoms with Crippen LogP contribution in [0.1, 0.15) is 13.8 Å². The summed E-state index contributed by atoms with van der Waals surface area (Å²) in [5.41, 5.74) is 12.1. The minimum atomic E-state index is -0.576. The molecule has 0 heterocycles. The molecule has 0 saturated carbocycles. The third-order valence-electron chi connectivity index (χ3n) is 2.65. The van der Waals surface area contributed by atoms with Crippen molar-refractivity contribution in [2.75, 3.05) is 42.7 Å². The van der Waals surface area contributed by atoms with E-state index in [4.69, 9.17) is 27.8 Å². The number of nitrogens with zero attached hydrogens (tertiary/aromatic N) is 1. The van der Waals surface area contributed by atoms with E-state index in [1.54, 1.807) is 4.90 Å². The van der Waals surface area contributed by atoms with E-state index in [0.717, 1.165) is 0 Å². The highest BCUT2D eigenvalue weighted by Gasteiger charge is 2.18. The van der Waals surface area contributed by atoms with Crippen molar-refractivity contribution >= 4 is 28.7 Å². The van der Waals surface area contributed by atoms with Gasteiger partial charge in [-0.3, -0.25) is 0 Å². The van der Waals surface area contributed by atoms with E-state index in [1.807, 2.05) is 13.8 Å². The van der Waals surface area contributed by atoms with Crippen LogP contribution in [0.4, 0.5) is 21.5 Å². The lowest BCUT2D eigenvalue weighted by Gasteiger charge is -2.25. The Hall–Kier alpha value is -1.20. The van der Waals surface area contributed by atoms with Gasteiger partial charge in [-0.05, 0) is 19.9 Å². The molecular formula is C12H19ClFN3O. The summed E-state index contributed by atoms with van der Waals surface area (Å²) < 4.78 is 19.4. The average Bonchev–Trinajstić information content (AvgIpc) is 2.34. The van der Waals surface area contributed by atoms with Gasteiger partial charge in [0, 0.05) is 19.7 Å². The Morgan fingerprint density at radius 3 is 2.56 bits per heavy atom. The Bertz CT molecular complexity index is 415. The number of nitrogen functional groups attached to an aromatic ring is 2. The van der Waals surface area contributed by atoms with Crippen LogP contribution in [0.25, 0.3) is 0 Å². The molecule has 0 radical (unpaired) electrons. The fourth-order valence-electron chi connectivity index (χ4n) is 1.73. The molecule has 4 nitrogen and oxygen atoms in total. The molecular weight excluding hydrogens is 257 g/mol. The molecule has 0 aliphatic heterocycles. The van der Waals surface area contributed by atoms with Crippen LogP contribution in [-0.2, 0) is 4.74 Å². The summed E-state index contributed by atoms with van der Waals surface area (Å²) in [5, 5.41) is -0.0888. The third kappa shape index (κ3) is 3.17. The highest BCUT2D eigenvalue weighted by molar-refractivity contribution is 6.33. The zero-order chi connectivity index (χ0) is 13.7. The molecule has 0 unspecified atom stereocenters. The first-order valence-electron chi connectivity index (χ1n) is 5.88. The van der Waals surface area contributed by atoms with Gasteiger partial charge in [0.1, 0.15) is 5.02 Å². The normalized spacial score (nSPS) is 10.7. The van der Waals surface area contributed by atoms with Gasteiger partial charge in [-0.1, -0.05) is 11.6 Å². The van der Waals surface area contributed by atoms with Gasteiger partial charge in [0.15, 0.2) is 5.82 Å². The molecule has 0 bridgehead atoms. The summed E-state index contributed by atoms with van der Waals surface area (Å²) in [4.78, 5) is 1.78. The van der Waals surface area contributed by atoms with Crippen molar-refractivity contribution in [1.29, 1.82) is 0 Å². The summed E-state index contributed by atoms with van der Waals surface area (Å²) in [6.45, 7) is 6.10. The van der Waals surface area contributed by atoms with Crippen LogP contribution < -0.4 is 16.4 Å². The summed E-state index contributed by atoms with van der Waals surface area (Å²) in [6.07, 6.45) is 0. The number of anilines is 3. The van der Waals surface area contributed by atoms with Crippen molar-refractivity contribution in [2.45, 2.75) is 13.8 Å². The summed E-state index contributed by atoms with van der Waals surface area (Å²) in [5.74, 6) is -0.576. The number of halogens is 2. The van der Waals surface area contributed by atoms with Crippen LogP contribution >= 0.6 is 11.6 Å². The maximum Gasteiger partial charge on any atom is 0.169 e. The van der Waals surface area contributed by atoms with Crippen molar-refractivity contribution in [3.63, 3.8) is 0 Å². The molecule has 0 aliphatic rings. The monoisotopic (exact) mass is 275 g/mol. The van der Waals surface area contributed by atoms with Crippen molar-refractivity contribution in [1.82, 2.24) is 0 Å². The molecule has 0 aliphatic carbocycles. The van der Waals surface area contributed by atoms with Crippen molar-refractivity contribution < 1.29 is 9.13 Å². The van der Waals surface area contributed by atoms with Crippen molar-refractivity contribution in [2.24, 2.45) is 0 Å². The molecule has 18 heavy (non-hydrogen) atoms. The van der Waals surface area contributed by atoms with Gasteiger partial charge in [-0.2, -0.15) is 0 Å². The predicted molar refractivity (Wildman–Crippen MR) is 74.6 cm³/mol. The van der Waals surface area contributed by atoms with Crippen LogP contribution in [0.5, 0.6) is 0 Å². The fraction of sp³-hybridized carbons (Fsp3) is 0.500. The SMILES string of the molecule is CCOCCN(CC)c1c(N)cc(N)c(Cl)c1F. The number of hydrogen-bond acceptors (Lipinski definition) is 4. The zero-order valence-corrected chi connectivity index (χ0v) is 11.4. The van der Waals surface area contributed by atoms with Gasteiger partial charge >= 0.3 is 0 Å². The smallest absolute Gasteiger partial charge is 0.169 e.